The average Bonchev–Trinajstić information content (AvgIpc) is 3.31. The summed E-state index contributed by atoms with van der Waals surface area (Å²) < 4.78 is 5.42. The minimum atomic E-state index is -0.846. The molecule has 3 N–H and O–H groups in total. The molecule has 6 nitrogen and oxygen atoms in total. The fourth-order valence-electron chi connectivity index (χ4n) is 8.77. The number of carbonyl (C=O) groups excluding carboxylic acids is 2. The van der Waals surface area contributed by atoms with Gasteiger partial charge in [-0.1, -0.05) is 275 Å². The summed E-state index contributed by atoms with van der Waals surface area (Å²) in [6, 6.07) is -0.630. The van der Waals surface area contributed by atoms with Crippen LogP contribution in [-0.2, 0) is 14.3 Å². The predicted octanol–water partition coefficient (Wildman–Crippen LogP) is 17.6. The Hall–Kier alpha value is -1.92. The Morgan fingerprint density at radius 1 is 0.431 bits per heavy atom. The summed E-state index contributed by atoms with van der Waals surface area (Å²) >= 11 is 0. The number of aliphatic hydroxyl groups excluding tert-OH is 2. The molecule has 0 aliphatic heterocycles. The molecule has 0 aromatic heterocycles. The van der Waals surface area contributed by atoms with Crippen LogP contribution in [0.2, 0.25) is 0 Å². The zero-order valence-electron chi connectivity index (χ0n) is 43.5. The topological polar surface area (TPSA) is 95.9 Å². The number of rotatable bonds is 53. The lowest BCUT2D eigenvalue weighted by atomic mass is 10.0. The highest BCUT2D eigenvalue weighted by atomic mass is 16.5. The van der Waals surface area contributed by atoms with Crippen molar-refractivity contribution in [3.05, 3.63) is 36.5 Å². The van der Waals surface area contributed by atoms with E-state index < -0.39 is 12.1 Å². The van der Waals surface area contributed by atoms with Gasteiger partial charge in [-0.15, -0.1) is 0 Å². The number of carbonyl (C=O) groups is 2. The molecule has 0 fully saturated rings. The summed E-state index contributed by atoms with van der Waals surface area (Å²) in [7, 11) is 0. The highest BCUT2D eigenvalue weighted by Gasteiger charge is 2.18. The van der Waals surface area contributed by atoms with Crippen molar-refractivity contribution in [3.8, 4) is 0 Å². The maximum absolute atomic E-state index is 12.4. The molecule has 1 amide bonds. The summed E-state index contributed by atoms with van der Waals surface area (Å²) in [5.41, 5.74) is 0. The van der Waals surface area contributed by atoms with E-state index in [1.165, 1.54) is 225 Å². The van der Waals surface area contributed by atoms with E-state index in [4.69, 9.17) is 4.74 Å². The fraction of sp³-hybridized carbons (Fsp3) is 0.864. The normalized spacial score (nSPS) is 12.9. The molecule has 0 heterocycles. The quantitative estimate of drug-likeness (QED) is 0.0321. The average molecular weight is 915 g/mol. The second kappa shape index (κ2) is 54.7. The molecule has 382 valence electrons. The highest BCUT2D eigenvalue weighted by Crippen LogP contribution is 2.17. The van der Waals surface area contributed by atoms with Crippen LogP contribution in [0.25, 0.3) is 0 Å². The van der Waals surface area contributed by atoms with Crippen molar-refractivity contribution in [3.63, 3.8) is 0 Å². The number of nitrogens with one attached hydrogen (secondary N) is 1. The Morgan fingerprint density at radius 3 is 1.17 bits per heavy atom. The van der Waals surface area contributed by atoms with Crippen LogP contribution in [0.4, 0.5) is 0 Å². The number of amides is 1. The lowest BCUT2D eigenvalue weighted by Crippen LogP contribution is -2.45. The lowest BCUT2D eigenvalue weighted by molar-refractivity contribution is -0.143. The van der Waals surface area contributed by atoms with Gasteiger partial charge in [0.15, 0.2) is 0 Å². The van der Waals surface area contributed by atoms with E-state index in [1.807, 2.05) is 6.08 Å². The molecule has 0 bridgehead atoms. The molecule has 65 heavy (non-hydrogen) atoms. The maximum atomic E-state index is 12.4. The number of allylic oxidation sites excluding steroid dienone is 4. The largest absolute Gasteiger partial charge is 0.465 e. The summed E-state index contributed by atoms with van der Waals surface area (Å²) in [6.07, 6.45) is 67.6. The first-order chi connectivity index (χ1) is 32.0. The molecular formula is C59H111NO5. The molecular weight excluding hydrogens is 803 g/mol. The van der Waals surface area contributed by atoms with Crippen LogP contribution >= 0.6 is 0 Å². The summed E-state index contributed by atoms with van der Waals surface area (Å²) in [5.74, 6) is -0.107. The van der Waals surface area contributed by atoms with Gasteiger partial charge in [0.05, 0.1) is 25.4 Å². The van der Waals surface area contributed by atoms with E-state index in [0.717, 1.165) is 51.4 Å². The smallest absolute Gasteiger partial charge is 0.305 e. The Morgan fingerprint density at radius 2 is 0.769 bits per heavy atom. The van der Waals surface area contributed by atoms with Gasteiger partial charge in [0.25, 0.3) is 0 Å². The number of hydrogen-bond donors (Lipinski definition) is 3. The monoisotopic (exact) mass is 914 g/mol. The minimum absolute atomic E-state index is 0.0327. The minimum Gasteiger partial charge on any atom is -0.465 e. The van der Waals surface area contributed by atoms with E-state index in [-0.39, 0.29) is 18.5 Å². The number of unbranched alkanes of at least 4 members (excludes halogenated alkanes) is 38. The van der Waals surface area contributed by atoms with Crippen molar-refractivity contribution < 1.29 is 24.5 Å². The second-order valence-corrected chi connectivity index (χ2v) is 19.6. The molecule has 0 saturated heterocycles. The van der Waals surface area contributed by atoms with Gasteiger partial charge < -0.3 is 20.3 Å². The van der Waals surface area contributed by atoms with Crippen molar-refractivity contribution in [2.75, 3.05) is 13.2 Å². The van der Waals surface area contributed by atoms with Crippen molar-refractivity contribution >= 4 is 11.9 Å². The fourth-order valence-corrected chi connectivity index (χ4v) is 8.77. The third-order valence-corrected chi connectivity index (χ3v) is 13.2. The first kappa shape index (κ1) is 63.1. The number of aliphatic hydroxyl groups is 2. The first-order valence-corrected chi connectivity index (χ1v) is 28.8. The van der Waals surface area contributed by atoms with Gasteiger partial charge in [-0.25, -0.2) is 0 Å². The Kier molecular flexibility index (Phi) is 53.1. The van der Waals surface area contributed by atoms with E-state index in [1.54, 1.807) is 6.08 Å². The summed E-state index contributed by atoms with van der Waals surface area (Å²) in [4.78, 5) is 24.4. The van der Waals surface area contributed by atoms with Gasteiger partial charge in [-0.2, -0.15) is 0 Å². The molecule has 2 atom stereocenters. The second-order valence-electron chi connectivity index (χ2n) is 19.6. The van der Waals surface area contributed by atoms with Gasteiger partial charge >= 0.3 is 5.97 Å². The number of ether oxygens (including phenoxy) is 1. The van der Waals surface area contributed by atoms with E-state index >= 15 is 0 Å². The van der Waals surface area contributed by atoms with Crippen LogP contribution in [0.1, 0.15) is 303 Å². The molecule has 0 aliphatic rings. The zero-order chi connectivity index (χ0) is 47.2. The van der Waals surface area contributed by atoms with Crippen LogP contribution < -0.4 is 5.32 Å². The number of hydrogen-bond acceptors (Lipinski definition) is 5. The van der Waals surface area contributed by atoms with Gasteiger partial charge in [-0.3, -0.25) is 9.59 Å². The van der Waals surface area contributed by atoms with Crippen molar-refractivity contribution in [1.82, 2.24) is 5.32 Å². The van der Waals surface area contributed by atoms with Crippen LogP contribution in [0.3, 0.4) is 0 Å². The molecule has 0 radical (unpaired) electrons. The van der Waals surface area contributed by atoms with E-state index in [2.05, 4.69) is 43.5 Å². The molecule has 0 aromatic rings. The molecule has 0 aromatic carbocycles. The standard InChI is InChI=1S/C59H111NO5/c1-3-5-7-9-11-13-15-16-17-26-29-33-37-41-45-49-53-59(64)65-54-50-46-42-38-34-30-27-24-22-20-18-19-21-23-25-28-32-36-40-44-48-52-58(63)60-56(55-61)57(62)51-47-43-39-35-31-14-12-10-8-6-4-2/h30,34,42,46-47,51,56-57,61-62H,3-29,31-33,35-41,43-45,48-50,52-55H2,1-2H3,(H,60,63)/b34-30-,46-42-,51-47+. The van der Waals surface area contributed by atoms with E-state index in [0.29, 0.717) is 19.4 Å². The summed E-state index contributed by atoms with van der Waals surface area (Å²) in [5, 5.41) is 23.0. The van der Waals surface area contributed by atoms with Crippen molar-refractivity contribution in [1.29, 1.82) is 0 Å². The highest BCUT2D eigenvalue weighted by molar-refractivity contribution is 5.76. The van der Waals surface area contributed by atoms with E-state index in [9.17, 15) is 19.8 Å². The Labute approximate surface area is 404 Å². The van der Waals surface area contributed by atoms with Crippen molar-refractivity contribution in [2.24, 2.45) is 0 Å². The molecule has 2 unspecified atom stereocenters. The van der Waals surface area contributed by atoms with Crippen LogP contribution in [0.5, 0.6) is 0 Å². The Balaban J connectivity index is 3.45. The number of esters is 1. The van der Waals surface area contributed by atoms with Gasteiger partial charge in [0, 0.05) is 12.8 Å². The van der Waals surface area contributed by atoms with Crippen LogP contribution in [-0.4, -0.2) is 47.4 Å². The molecule has 0 rings (SSSR count). The molecule has 0 aliphatic carbocycles. The molecule has 0 saturated carbocycles. The molecule has 0 spiro atoms. The predicted molar refractivity (Wildman–Crippen MR) is 283 cm³/mol. The zero-order valence-corrected chi connectivity index (χ0v) is 43.5. The van der Waals surface area contributed by atoms with Crippen molar-refractivity contribution in [2.45, 2.75) is 315 Å². The molecule has 6 heteroatoms. The first-order valence-electron chi connectivity index (χ1n) is 28.8. The lowest BCUT2D eigenvalue weighted by Gasteiger charge is -2.20. The SMILES string of the molecule is CCCCCCCCCCC/C=C/C(O)C(CO)NC(=O)CCCCCCCCCCCCCCCC/C=C\C/C=C\CCOC(=O)CCCCCCCCCCCCCCCCCC. The van der Waals surface area contributed by atoms with Crippen LogP contribution in [0.15, 0.2) is 36.5 Å². The van der Waals surface area contributed by atoms with Crippen LogP contribution in [0, 0.1) is 0 Å². The van der Waals surface area contributed by atoms with Gasteiger partial charge in [0.2, 0.25) is 5.91 Å². The van der Waals surface area contributed by atoms with Gasteiger partial charge in [0.1, 0.15) is 0 Å². The Bertz CT molecular complexity index is 1060. The third-order valence-electron chi connectivity index (χ3n) is 13.2. The summed E-state index contributed by atoms with van der Waals surface area (Å²) in [6.45, 7) is 4.79. The van der Waals surface area contributed by atoms with Gasteiger partial charge in [-0.05, 0) is 51.4 Å². The maximum Gasteiger partial charge on any atom is 0.305 e. The third kappa shape index (κ3) is 51.3.